The van der Waals surface area contributed by atoms with Gasteiger partial charge >= 0.3 is 0 Å². The lowest BCUT2D eigenvalue weighted by Gasteiger charge is -2.11. The molecule has 0 atom stereocenters. The van der Waals surface area contributed by atoms with Gasteiger partial charge in [0, 0.05) is 6.54 Å². The van der Waals surface area contributed by atoms with E-state index in [1.54, 1.807) is 12.1 Å². The number of rotatable bonds is 6. The highest BCUT2D eigenvalue weighted by Gasteiger charge is 2.08. The number of nitrogens with zero attached hydrogens (tertiary/aromatic N) is 3. The summed E-state index contributed by atoms with van der Waals surface area (Å²) in [6, 6.07) is 3.45. The quantitative estimate of drug-likeness (QED) is 0.738. The number of fused-ring (bicyclic) bond motifs is 1. The molecule has 0 spiro atoms. The van der Waals surface area contributed by atoms with E-state index >= 15 is 0 Å². The molecule has 1 aromatic carbocycles. The van der Waals surface area contributed by atoms with Crippen molar-refractivity contribution >= 4 is 56.0 Å². The second kappa shape index (κ2) is 7.58. The molecule has 0 aliphatic heterocycles. The molecule has 0 unspecified atom stereocenters. The maximum atomic E-state index is 6.02. The lowest BCUT2D eigenvalue weighted by Crippen LogP contribution is -2.14. The van der Waals surface area contributed by atoms with E-state index in [1.807, 2.05) is 0 Å². The van der Waals surface area contributed by atoms with Crippen LogP contribution in [0.5, 0.6) is 0 Å². The van der Waals surface area contributed by atoms with Gasteiger partial charge in [-0.1, -0.05) is 23.2 Å². The van der Waals surface area contributed by atoms with E-state index in [0.29, 0.717) is 14.6 Å². The van der Waals surface area contributed by atoms with Crippen molar-refractivity contribution in [2.24, 2.45) is 0 Å². The predicted molar refractivity (Wildman–Crippen MR) is 93.5 cm³/mol. The molecular formula is C14H17BrCl2N4. The Bertz CT molecular complexity index is 634. The highest BCUT2D eigenvalue weighted by Crippen LogP contribution is 2.29. The summed E-state index contributed by atoms with van der Waals surface area (Å²) < 4.78 is 0.681. The summed E-state index contributed by atoms with van der Waals surface area (Å²) in [5, 5.41) is 4.26. The topological polar surface area (TPSA) is 41.0 Å². The van der Waals surface area contributed by atoms with Gasteiger partial charge < -0.3 is 10.2 Å². The van der Waals surface area contributed by atoms with Crippen LogP contribution >= 0.6 is 39.1 Å². The molecule has 2 aromatic rings. The Morgan fingerprint density at radius 2 is 1.71 bits per heavy atom. The minimum Gasteiger partial charge on any atom is -0.368 e. The molecule has 21 heavy (non-hydrogen) atoms. The van der Waals surface area contributed by atoms with Gasteiger partial charge in [0.1, 0.15) is 4.60 Å². The zero-order valence-corrected chi connectivity index (χ0v) is 15.1. The largest absolute Gasteiger partial charge is 0.368 e. The van der Waals surface area contributed by atoms with Crippen molar-refractivity contribution in [3.8, 4) is 0 Å². The molecule has 1 heterocycles. The fraction of sp³-hybridized carbons (Fsp3) is 0.429. The van der Waals surface area contributed by atoms with Gasteiger partial charge in [-0.2, -0.15) is 0 Å². The first-order valence-corrected chi connectivity index (χ1v) is 8.23. The zero-order valence-electron chi connectivity index (χ0n) is 12.0. The van der Waals surface area contributed by atoms with Crippen LogP contribution in [0.1, 0.15) is 12.8 Å². The molecule has 4 nitrogen and oxygen atoms in total. The Hall–Kier alpha value is -0.620. The van der Waals surface area contributed by atoms with Crippen LogP contribution in [0, 0.1) is 0 Å². The average Bonchev–Trinajstić information content (AvgIpc) is 2.41. The summed E-state index contributed by atoms with van der Waals surface area (Å²) >= 11 is 15.4. The lowest BCUT2D eigenvalue weighted by molar-refractivity contribution is 0.396. The van der Waals surface area contributed by atoms with Crippen molar-refractivity contribution in [1.82, 2.24) is 14.9 Å². The molecule has 0 radical (unpaired) electrons. The van der Waals surface area contributed by atoms with Gasteiger partial charge in [0.05, 0.1) is 21.1 Å². The summed E-state index contributed by atoms with van der Waals surface area (Å²) in [5.41, 5.74) is 1.44. The smallest absolute Gasteiger partial charge is 0.159 e. The van der Waals surface area contributed by atoms with Crippen LogP contribution in [-0.4, -0.2) is 42.1 Å². The van der Waals surface area contributed by atoms with Crippen LogP contribution in [0.15, 0.2) is 16.7 Å². The molecule has 114 valence electrons. The summed E-state index contributed by atoms with van der Waals surface area (Å²) in [6.45, 7) is 1.94. The number of aromatic nitrogens is 2. The number of anilines is 1. The van der Waals surface area contributed by atoms with Crippen LogP contribution in [0.4, 0.5) is 5.82 Å². The molecular weight excluding hydrogens is 375 g/mol. The van der Waals surface area contributed by atoms with Gasteiger partial charge in [0.15, 0.2) is 5.82 Å². The number of unbranched alkanes of at least 4 members (excludes halogenated alkanes) is 1. The summed E-state index contributed by atoms with van der Waals surface area (Å²) in [6.07, 6.45) is 2.21. The van der Waals surface area contributed by atoms with Crippen LogP contribution in [-0.2, 0) is 0 Å². The van der Waals surface area contributed by atoms with E-state index in [0.717, 1.165) is 42.8 Å². The highest BCUT2D eigenvalue weighted by atomic mass is 79.9. The summed E-state index contributed by atoms with van der Waals surface area (Å²) in [7, 11) is 4.15. The molecule has 0 saturated carbocycles. The number of hydrogen-bond acceptors (Lipinski definition) is 4. The van der Waals surface area contributed by atoms with E-state index < -0.39 is 0 Å². The second-order valence-corrected chi connectivity index (χ2v) is 6.62. The molecule has 0 saturated heterocycles. The van der Waals surface area contributed by atoms with Crippen molar-refractivity contribution in [1.29, 1.82) is 0 Å². The van der Waals surface area contributed by atoms with Crippen molar-refractivity contribution in [2.45, 2.75) is 12.8 Å². The molecule has 7 heteroatoms. The third kappa shape index (κ3) is 4.68. The minimum atomic E-state index is 0.481. The van der Waals surface area contributed by atoms with E-state index in [4.69, 9.17) is 23.2 Å². The molecule has 0 fully saturated rings. The Morgan fingerprint density at radius 3 is 2.33 bits per heavy atom. The van der Waals surface area contributed by atoms with Gasteiger partial charge in [0.25, 0.3) is 0 Å². The standard InChI is InChI=1S/C14H17BrCl2N4/c1-21(2)6-4-3-5-18-14-13(15)19-11-7-9(16)10(17)8-12(11)20-14/h7-8H,3-6H2,1-2H3,(H,18,20). The van der Waals surface area contributed by atoms with Crippen molar-refractivity contribution < 1.29 is 0 Å². The van der Waals surface area contributed by atoms with E-state index in [1.165, 1.54) is 0 Å². The normalized spacial score (nSPS) is 11.3. The summed E-state index contributed by atoms with van der Waals surface area (Å²) in [5.74, 6) is 0.728. The van der Waals surface area contributed by atoms with Gasteiger partial charge in [-0.15, -0.1) is 0 Å². The van der Waals surface area contributed by atoms with Crippen LogP contribution in [0.25, 0.3) is 11.0 Å². The molecule has 1 aromatic heterocycles. The molecule has 0 aliphatic rings. The first kappa shape index (κ1) is 16.7. The van der Waals surface area contributed by atoms with Crippen molar-refractivity contribution in [3.05, 3.63) is 26.8 Å². The Labute approximate surface area is 143 Å². The maximum absolute atomic E-state index is 6.02. The molecule has 0 aliphatic carbocycles. The average molecular weight is 392 g/mol. The van der Waals surface area contributed by atoms with Gasteiger partial charge in [-0.25, -0.2) is 9.97 Å². The predicted octanol–water partition coefficient (Wildman–Crippen LogP) is 4.45. The second-order valence-electron chi connectivity index (χ2n) is 5.06. The fourth-order valence-corrected chi connectivity index (χ4v) is 2.64. The molecule has 2 rings (SSSR count). The van der Waals surface area contributed by atoms with Crippen LogP contribution in [0.2, 0.25) is 10.0 Å². The van der Waals surface area contributed by atoms with Gasteiger partial charge in [0.2, 0.25) is 0 Å². The molecule has 0 amide bonds. The Balaban J connectivity index is 2.06. The lowest BCUT2D eigenvalue weighted by atomic mass is 10.3. The third-order valence-corrected chi connectivity index (χ3v) is 4.26. The number of nitrogens with one attached hydrogen (secondary N) is 1. The monoisotopic (exact) mass is 390 g/mol. The fourth-order valence-electron chi connectivity index (χ4n) is 1.90. The zero-order chi connectivity index (χ0) is 15.4. The van der Waals surface area contributed by atoms with E-state index in [9.17, 15) is 0 Å². The van der Waals surface area contributed by atoms with Gasteiger partial charge in [-0.3, -0.25) is 0 Å². The van der Waals surface area contributed by atoms with E-state index in [-0.39, 0.29) is 0 Å². The highest BCUT2D eigenvalue weighted by molar-refractivity contribution is 9.10. The molecule has 1 N–H and O–H groups in total. The van der Waals surface area contributed by atoms with Crippen LogP contribution in [0.3, 0.4) is 0 Å². The first-order valence-electron chi connectivity index (χ1n) is 6.68. The third-order valence-electron chi connectivity index (χ3n) is 2.99. The number of benzene rings is 1. The SMILES string of the molecule is CN(C)CCCCNc1nc2cc(Cl)c(Cl)cc2nc1Br. The van der Waals surface area contributed by atoms with E-state index in [2.05, 4.69) is 50.2 Å². The Morgan fingerprint density at radius 1 is 1.10 bits per heavy atom. The number of halogens is 3. The summed E-state index contributed by atoms with van der Waals surface area (Å²) in [4.78, 5) is 11.2. The molecule has 0 bridgehead atoms. The first-order chi connectivity index (χ1) is 9.97. The van der Waals surface area contributed by atoms with Crippen LogP contribution < -0.4 is 5.32 Å². The Kier molecular flexibility index (Phi) is 6.05. The van der Waals surface area contributed by atoms with Gasteiger partial charge in [-0.05, 0) is 61.5 Å². The number of hydrogen-bond donors (Lipinski definition) is 1. The van der Waals surface area contributed by atoms with Crippen molar-refractivity contribution in [3.63, 3.8) is 0 Å². The maximum Gasteiger partial charge on any atom is 0.159 e. The minimum absolute atomic E-state index is 0.481. The van der Waals surface area contributed by atoms with Crippen molar-refractivity contribution in [2.75, 3.05) is 32.5 Å².